The van der Waals surface area contributed by atoms with Crippen molar-refractivity contribution in [2.45, 2.75) is 29.7 Å². The molecule has 0 radical (unpaired) electrons. The quantitative estimate of drug-likeness (QED) is 0.632. The molecule has 1 aromatic carbocycles. The summed E-state index contributed by atoms with van der Waals surface area (Å²) in [5.41, 5.74) is -5.23. The lowest BCUT2D eigenvalue weighted by atomic mass is 10.2. The first kappa shape index (κ1) is 15.3. The summed E-state index contributed by atoms with van der Waals surface area (Å²) in [4.78, 5) is -0.164. The van der Waals surface area contributed by atoms with Crippen molar-refractivity contribution in [1.29, 1.82) is 0 Å². The van der Waals surface area contributed by atoms with Crippen LogP contribution in [0.1, 0.15) is 12.5 Å². The van der Waals surface area contributed by atoms with E-state index in [1.165, 1.54) is 24.3 Å². The lowest BCUT2D eigenvalue weighted by Crippen LogP contribution is -2.17. The molecule has 0 aliphatic rings. The summed E-state index contributed by atoms with van der Waals surface area (Å²) >= 11 is -0.520. The van der Waals surface area contributed by atoms with E-state index in [2.05, 4.69) is 4.18 Å². The third-order valence-electron chi connectivity index (χ3n) is 1.87. The Kier molecular flexibility index (Phi) is 4.68. The van der Waals surface area contributed by atoms with Gasteiger partial charge in [-0.05, 0) is 37.7 Å². The maximum absolute atomic E-state index is 12.0. The van der Waals surface area contributed by atoms with E-state index in [-0.39, 0.29) is 4.90 Å². The first-order valence-corrected chi connectivity index (χ1v) is 7.13. The van der Waals surface area contributed by atoms with Gasteiger partial charge in [0.2, 0.25) is 0 Å². The smallest absolute Gasteiger partial charge is 0.252 e. The molecule has 1 aromatic rings. The fourth-order valence-corrected chi connectivity index (χ4v) is 2.93. The number of alkyl halides is 3. The molecule has 1 unspecified atom stereocenters. The molecule has 0 aromatic heterocycles. The van der Waals surface area contributed by atoms with Crippen molar-refractivity contribution in [3.63, 3.8) is 0 Å². The second kappa shape index (κ2) is 5.50. The number of aryl methyl sites for hydroxylation is 1. The number of hydrogen-bond donors (Lipinski definition) is 0. The molecule has 18 heavy (non-hydrogen) atoms. The van der Waals surface area contributed by atoms with Gasteiger partial charge in [-0.3, -0.25) is 4.18 Å². The van der Waals surface area contributed by atoms with Crippen LogP contribution in [-0.4, -0.2) is 19.4 Å². The molecule has 0 heterocycles. The van der Waals surface area contributed by atoms with Gasteiger partial charge in [0.1, 0.15) is 5.44 Å². The summed E-state index contributed by atoms with van der Waals surface area (Å²) in [6.45, 7) is 2.79. The Labute approximate surface area is 107 Å². The summed E-state index contributed by atoms with van der Waals surface area (Å²) in [7, 11) is -4.17. The van der Waals surface area contributed by atoms with Gasteiger partial charge in [-0.2, -0.15) is 21.6 Å². The molecule has 1 rings (SSSR count). The van der Waals surface area contributed by atoms with Crippen molar-refractivity contribution < 1.29 is 25.8 Å². The van der Waals surface area contributed by atoms with Crippen molar-refractivity contribution in [2.75, 3.05) is 0 Å². The highest BCUT2D eigenvalue weighted by Gasteiger charge is 2.34. The zero-order valence-corrected chi connectivity index (χ0v) is 11.2. The highest BCUT2D eigenvalue weighted by atomic mass is 32.2. The second-order valence-electron chi connectivity index (χ2n) is 3.49. The average molecular weight is 300 g/mol. The Hall–Kier alpha value is -0.730. The SMILES string of the molecule is Cc1ccc(S(=O)(=O)OC(C)SC(F)(F)F)cc1. The first-order chi connectivity index (χ1) is 8.10. The van der Waals surface area contributed by atoms with Gasteiger partial charge >= 0.3 is 5.51 Å². The zero-order chi connectivity index (χ0) is 14.0. The molecular weight excluding hydrogens is 289 g/mol. The van der Waals surface area contributed by atoms with Gasteiger partial charge in [0, 0.05) is 0 Å². The number of hydrogen-bond acceptors (Lipinski definition) is 4. The van der Waals surface area contributed by atoms with Gasteiger partial charge in [0.15, 0.2) is 0 Å². The standard InChI is InChI=1S/C10H11F3O3S2/c1-7-3-5-9(6-4-7)18(14,15)16-8(2)17-10(11,12)13/h3-6,8H,1-2H3. The highest BCUT2D eigenvalue weighted by molar-refractivity contribution is 8.01. The maximum Gasteiger partial charge on any atom is 0.444 e. The topological polar surface area (TPSA) is 43.4 Å². The van der Waals surface area contributed by atoms with E-state index in [4.69, 9.17) is 0 Å². The van der Waals surface area contributed by atoms with Crippen molar-refractivity contribution in [1.82, 2.24) is 0 Å². The van der Waals surface area contributed by atoms with Crippen LogP contribution in [-0.2, 0) is 14.3 Å². The molecule has 0 spiro atoms. The molecule has 0 aliphatic carbocycles. The van der Waals surface area contributed by atoms with Crippen LogP contribution in [0.2, 0.25) is 0 Å². The van der Waals surface area contributed by atoms with Crippen LogP contribution in [0, 0.1) is 6.92 Å². The lowest BCUT2D eigenvalue weighted by Gasteiger charge is -2.14. The minimum absolute atomic E-state index is 0.164. The Morgan fingerprint density at radius 1 is 1.22 bits per heavy atom. The second-order valence-corrected chi connectivity index (χ2v) is 6.43. The van der Waals surface area contributed by atoms with Gasteiger partial charge in [-0.25, -0.2) is 0 Å². The van der Waals surface area contributed by atoms with Crippen LogP contribution in [0.3, 0.4) is 0 Å². The van der Waals surface area contributed by atoms with E-state index < -0.39 is 32.8 Å². The normalized spacial score (nSPS) is 14.5. The predicted molar refractivity (Wildman–Crippen MR) is 62.6 cm³/mol. The number of benzene rings is 1. The Bertz CT molecular complexity index is 494. The van der Waals surface area contributed by atoms with Gasteiger partial charge in [-0.15, -0.1) is 0 Å². The van der Waals surface area contributed by atoms with E-state index in [1.54, 1.807) is 6.92 Å². The van der Waals surface area contributed by atoms with Crippen molar-refractivity contribution >= 4 is 21.9 Å². The van der Waals surface area contributed by atoms with Gasteiger partial charge in [-0.1, -0.05) is 17.7 Å². The van der Waals surface area contributed by atoms with E-state index >= 15 is 0 Å². The van der Waals surface area contributed by atoms with E-state index in [0.29, 0.717) is 0 Å². The van der Waals surface area contributed by atoms with Crippen molar-refractivity contribution in [3.8, 4) is 0 Å². The Morgan fingerprint density at radius 3 is 2.17 bits per heavy atom. The van der Waals surface area contributed by atoms with Crippen LogP contribution in [0.4, 0.5) is 13.2 Å². The molecule has 0 amide bonds. The summed E-state index contributed by atoms with van der Waals surface area (Å²) in [5, 5.41) is 0. The molecule has 1 atom stereocenters. The van der Waals surface area contributed by atoms with Crippen molar-refractivity contribution in [3.05, 3.63) is 29.8 Å². The number of halogens is 3. The van der Waals surface area contributed by atoms with Gasteiger partial charge in [0.05, 0.1) is 4.90 Å². The van der Waals surface area contributed by atoms with Crippen LogP contribution in [0.5, 0.6) is 0 Å². The van der Waals surface area contributed by atoms with Crippen LogP contribution < -0.4 is 0 Å². The summed E-state index contributed by atoms with van der Waals surface area (Å²) in [6.07, 6.45) is 0. The Balaban J connectivity index is 2.79. The fourth-order valence-electron chi connectivity index (χ4n) is 1.15. The molecule has 0 saturated carbocycles. The molecule has 8 heteroatoms. The average Bonchev–Trinajstić information content (AvgIpc) is 2.13. The van der Waals surface area contributed by atoms with Crippen LogP contribution >= 0.6 is 11.8 Å². The Morgan fingerprint density at radius 2 is 1.72 bits per heavy atom. The molecule has 0 aliphatic heterocycles. The third-order valence-corrected chi connectivity index (χ3v) is 4.08. The molecule has 0 bridgehead atoms. The first-order valence-electron chi connectivity index (χ1n) is 4.85. The fraction of sp³-hybridized carbons (Fsp3) is 0.400. The van der Waals surface area contributed by atoms with E-state index in [0.717, 1.165) is 12.5 Å². The molecule has 0 saturated heterocycles. The van der Waals surface area contributed by atoms with Crippen LogP contribution in [0.25, 0.3) is 0 Å². The highest BCUT2D eigenvalue weighted by Crippen LogP contribution is 2.35. The lowest BCUT2D eigenvalue weighted by molar-refractivity contribution is -0.0346. The summed E-state index contributed by atoms with van der Waals surface area (Å²) < 4.78 is 63.8. The number of rotatable bonds is 4. The largest absolute Gasteiger partial charge is 0.444 e. The summed E-state index contributed by atoms with van der Waals surface area (Å²) in [5.74, 6) is 0. The van der Waals surface area contributed by atoms with E-state index in [1.807, 2.05) is 0 Å². The predicted octanol–water partition coefficient (Wildman–Crippen LogP) is 3.30. The van der Waals surface area contributed by atoms with E-state index in [9.17, 15) is 21.6 Å². The molecule has 0 N–H and O–H groups in total. The van der Waals surface area contributed by atoms with Gasteiger partial charge < -0.3 is 0 Å². The van der Waals surface area contributed by atoms with Crippen LogP contribution in [0.15, 0.2) is 29.2 Å². The monoisotopic (exact) mass is 300 g/mol. The summed E-state index contributed by atoms with van der Waals surface area (Å²) in [6, 6.07) is 5.65. The third kappa shape index (κ3) is 4.87. The molecular formula is C10H11F3O3S2. The molecule has 0 fully saturated rings. The minimum atomic E-state index is -4.54. The number of thioether (sulfide) groups is 1. The van der Waals surface area contributed by atoms with Gasteiger partial charge in [0.25, 0.3) is 10.1 Å². The van der Waals surface area contributed by atoms with Crippen molar-refractivity contribution in [2.24, 2.45) is 0 Å². The zero-order valence-electron chi connectivity index (χ0n) is 9.56. The maximum atomic E-state index is 12.0. The molecule has 3 nitrogen and oxygen atoms in total. The minimum Gasteiger partial charge on any atom is -0.252 e. The molecule has 102 valence electrons.